The summed E-state index contributed by atoms with van der Waals surface area (Å²) in [5.74, 6) is 0.338. The van der Waals surface area contributed by atoms with Crippen molar-refractivity contribution in [1.29, 1.82) is 0 Å². The van der Waals surface area contributed by atoms with Gasteiger partial charge in [0.15, 0.2) is 0 Å². The molecule has 0 fully saturated rings. The van der Waals surface area contributed by atoms with Crippen molar-refractivity contribution in [1.82, 2.24) is 0 Å². The summed E-state index contributed by atoms with van der Waals surface area (Å²) in [5, 5.41) is 0. The summed E-state index contributed by atoms with van der Waals surface area (Å²) in [6.07, 6.45) is 0. The summed E-state index contributed by atoms with van der Waals surface area (Å²) in [6.45, 7) is 2.23. The van der Waals surface area contributed by atoms with Crippen molar-refractivity contribution in [3.63, 3.8) is 0 Å². The lowest BCUT2D eigenvalue weighted by molar-refractivity contribution is -0.116. The Labute approximate surface area is 134 Å². The summed E-state index contributed by atoms with van der Waals surface area (Å²) < 4.78 is 10.1. The summed E-state index contributed by atoms with van der Waals surface area (Å²) >= 11 is 0. The first kappa shape index (κ1) is 15.1. The van der Waals surface area contributed by atoms with E-state index in [-0.39, 0.29) is 11.9 Å². The van der Waals surface area contributed by atoms with Crippen LogP contribution in [0.5, 0.6) is 5.75 Å². The molecule has 0 radical (unpaired) electrons. The number of rotatable bonds is 4. The van der Waals surface area contributed by atoms with Gasteiger partial charge in [0.2, 0.25) is 5.91 Å². The lowest BCUT2D eigenvalue weighted by Crippen LogP contribution is -2.28. The molecule has 2 aromatic rings. The van der Waals surface area contributed by atoms with Crippen molar-refractivity contribution >= 4 is 17.6 Å². The van der Waals surface area contributed by atoms with E-state index >= 15 is 0 Å². The molecule has 0 N–H and O–H groups in total. The maximum Gasteiger partial charge on any atom is 0.338 e. The molecule has 1 aliphatic heterocycles. The van der Waals surface area contributed by atoms with Gasteiger partial charge < -0.3 is 14.4 Å². The van der Waals surface area contributed by atoms with Crippen LogP contribution in [0.2, 0.25) is 0 Å². The number of carbonyl (C=O) groups is 2. The van der Waals surface area contributed by atoms with E-state index in [1.165, 1.54) is 6.92 Å². The summed E-state index contributed by atoms with van der Waals surface area (Å²) in [6, 6.07) is 12.9. The third-order valence-electron chi connectivity index (χ3n) is 3.86. The average molecular weight is 311 g/mol. The molecule has 0 aliphatic carbocycles. The van der Waals surface area contributed by atoms with Crippen LogP contribution in [-0.2, 0) is 22.7 Å². The van der Waals surface area contributed by atoms with Crippen LogP contribution in [0.25, 0.3) is 0 Å². The number of amides is 1. The first-order valence-electron chi connectivity index (χ1n) is 7.29. The molecule has 3 rings (SSSR count). The second kappa shape index (κ2) is 6.12. The smallest absolute Gasteiger partial charge is 0.338 e. The number of nitrogens with zero attached hydrogens (tertiary/aromatic N) is 1. The van der Waals surface area contributed by atoms with E-state index in [1.54, 1.807) is 18.1 Å². The molecular formula is C18H17NO4. The minimum Gasteiger partial charge on any atom is -0.497 e. The molecule has 0 unspecified atom stereocenters. The highest BCUT2D eigenvalue weighted by Crippen LogP contribution is 2.27. The molecule has 1 heterocycles. The Hall–Kier alpha value is -2.82. The van der Waals surface area contributed by atoms with Gasteiger partial charge in [-0.1, -0.05) is 18.2 Å². The number of ether oxygens (including phenoxy) is 2. The van der Waals surface area contributed by atoms with E-state index in [0.29, 0.717) is 24.4 Å². The van der Waals surface area contributed by atoms with E-state index in [2.05, 4.69) is 0 Å². The first-order chi connectivity index (χ1) is 11.1. The molecule has 118 valence electrons. The number of cyclic esters (lactones) is 1. The Morgan fingerprint density at radius 1 is 1.22 bits per heavy atom. The maximum atomic E-state index is 12.0. The van der Waals surface area contributed by atoms with Crippen LogP contribution < -0.4 is 9.64 Å². The normalized spacial score (nSPS) is 12.5. The zero-order valence-electron chi connectivity index (χ0n) is 13.0. The molecule has 0 spiro atoms. The fraction of sp³-hybridized carbons (Fsp3) is 0.222. The molecule has 5 nitrogen and oxygen atoms in total. The lowest BCUT2D eigenvalue weighted by Gasteiger charge is -2.22. The predicted octanol–water partition coefficient (Wildman–Crippen LogP) is 2.92. The van der Waals surface area contributed by atoms with E-state index in [4.69, 9.17) is 9.47 Å². The topological polar surface area (TPSA) is 55.8 Å². The predicted molar refractivity (Wildman–Crippen MR) is 85.4 cm³/mol. The minimum absolute atomic E-state index is 0.0906. The molecule has 0 saturated heterocycles. The van der Waals surface area contributed by atoms with Crippen LogP contribution in [0, 0.1) is 0 Å². The van der Waals surface area contributed by atoms with Crippen LogP contribution in [0.4, 0.5) is 5.69 Å². The molecule has 5 heteroatoms. The summed E-state index contributed by atoms with van der Waals surface area (Å²) in [5.41, 5.74) is 3.05. The highest BCUT2D eigenvalue weighted by molar-refractivity contribution is 5.97. The molecule has 0 saturated carbocycles. The van der Waals surface area contributed by atoms with Gasteiger partial charge in [-0.05, 0) is 29.8 Å². The number of anilines is 1. The molecule has 0 atom stereocenters. The number of methoxy groups -OCH3 is 1. The van der Waals surface area contributed by atoms with Crippen LogP contribution >= 0.6 is 0 Å². The van der Waals surface area contributed by atoms with E-state index < -0.39 is 0 Å². The van der Waals surface area contributed by atoms with Gasteiger partial charge in [0, 0.05) is 18.2 Å². The Kier molecular flexibility index (Phi) is 4.02. The van der Waals surface area contributed by atoms with Crippen LogP contribution in [0.15, 0.2) is 42.5 Å². The standard InChI is InChI=1S/C18H17NO4/c1-12(20)19(10-13-3-7-16(22-2)8-4-13)15-6-5-14-11-23-18(21)17(14)9-15/h3-9H,10-11H2,1-2H3. The number of carbonyl (C=O) groups excluding carboxylic acids is 2. The molecule has 1 aliphatic rings. The van der Waals surface area contributed by atoms with Gasteiger partial charge in [0.25, 0.3) is 0 Å². The maximum absolute atomic E-state index is 12.0. The van der Waals surface area contributed by atoms with E-state index in [9.17, 15) is 9.59 Å². The first-order valence-corrected chi connectivity index (χ1v) is 7.29. The number of benzene rings is 2. The second-order valence-corrected chi connectivity index (χ2v) is 5.37. The number of esters is 1. The number of hydrogen-bond donors (Lipinski definition) is 0. The highest BCUT2D eigenvalue weighted by Gasteiger charge is 2.23. The van der Waals surface area contributed by atoms with Gasteiger partial charge in [-0.3, -0.25) is 4.79 Å². The summed E-state index contributed by atoms with van der Waals surface area (Å²) in [4.78, 5) is 25.4. The Bertz CT molecular complexity index is 752. The third-order valence-corrected chi connectivity index (χ3v) is 3.86. The van der Waals surface area contributed by atoms with Crippen molar-refractivity contribution in [2.45, 2.75) is 20.1 Å². The second-order valence-electron chi connectivity index (χ2n) is 5.37. The Balaban J connectivity index is 1.88. The molecule has 2 aromatic carbocycles. The summed E-state index contributed by atoms with van der Waals surface area (Å²) in [7, 11) is 1.61. The fourth-order valence-electron chi connectivity index (χ4n) is 2.57. The van der Waals surface area contributed by atoms with Crippen molar-refractivity contribution in [2.75, 3.05) is 12.0 Å². The minimum atomic E-state index is -0.338. The number of fused-ring (bicyclic) bond motifs is 1. The number of hydrogen-bond acceptors (Lipinski definition) is 4. The molecule has 23 heavy (non-hydrogen) atoms. The van der Waals surface area contributed by atoms with Crippen molar-refractivity contribution in [3.05, 3.63) is 59.2 Å². The van der Waals surface area contributed by atoms with Gasteiger partial charge in [-0.15, -0.1) is 0 Å². The molecule has 1 amide bonds. The fourth-order valence-corrected chi connectivity index (χ4v) is 2.57. The van der Waals surface area contributed by atoms with Crippen molar-refractivity contribution in [2.24, 2.45) is 0 Å². The molecule has 0 bridgehead atoms. The lowest BCUT2D eigenvalue weighted by atomic mass is 10.1. The van der Waals surface area contributed by atoms with Crippen LogP contribution in [0.1, 0.15) is 28.4 Å². The molecular weight excluding hydrogens is 294 g/mol. The zero-order chi connectivity index (χ0) is 16.4. The third kappa shape index (κ3) is 3.04. The monoisotopic (exact) mass is 311 g/mol. The molecule has 0 aromatic heterocycles. The van der Waals surface area contributed by atoms with Gasteiger partial charge in [0.1, 0.15) is 12.4 Å². The van der Waals surface area contributed by atoms with E-state index in [1.807, 2.05) is 36.4 Å². The highest BCUT2D eigenvalue weighted by atomic mass is 16.5. The van der Waals surface area contributed by atoms with Crippen molar-refractivity contribution < 1.29 is 19.1 Å². The average Bonchev–Trinajstić information content (AvgIpc) is 2.93. The zero-order valence-corrected chi connectivity index (χ0v) is 13.0. The Morgan fingerprint density at radius 2 is 1.96 bits per heavy atom. The van der Waals surface area contributed by atoms with E-state index in [0.717, 1.165) is 16.9 Å². The van der Waals surface area contributed by atoms with Crippen LogP contribution in [0.3, 0.4) is 0 Å². The quantitative estimate of drug-likeness (QED) is 0.815. The largest absolute Gasteiger partial charge is 0.497 e. The van der Waals surface area contributed by atoms with Crippen molar-refractivity contribution in [3.8, 4) is 5.75 Å². The van der Waals surface area contributed by atoms with Gasteiger partial charge in [-0.2, -0.15) is 0 Å². The van der Waals surface area contributed by atoms with Crippen LogP contribution in [-0.4, -0.2) is 19.0 Å². The SMILES string of the molecule is COc1ccc(CN(C(C)=O)c2ccc3c(c2)C(=O)OC3)cc1. The van der Waals surface area contributed by atoms with Gasteiger partial charge in [0.05, 0.1) is 19.2 Å². The van der Waals surface area contributed by atoms with Gasteiger partial charge in [-0.25, -0.2) is 4.79 Å². The van der Waals surface area contributed by atoms with Gasteiger partial charge >= 0.3 is 5.97 Å². The Morgan fingerprint density at radius 3 is 2.61 bits per heavy atom.